The molecule has 2 amide bonds. The van der Waals surface area contributed by atoms with E-state index in [2.05, 4.69) is 5.32 Å². The average molecular weight is 276 g/mol. The molecule has 0 bridgehead atoms. The zero-order valence-electron chi connectivity index (χ0n) is 11.8. The van der Waals surface area contributed by atoms with Gasteiger partial charge in [0.2, 0.25) is 5.91 Å². The lowest BCUT2D eigenvalue weighted by molar-refractivity contribution is -0.117. The Morgan fingerprint density at radius 3 is 2.80 bits per heavy atom. The van der Waals surface area contributed by atoms with Gasteiger partial charge in [0.05, 0.1) is 0 Å². The third-order valence-corrected chi connectivity index (χ3v) is 3.55. The first-order valence-corrected chi connectivity index (χ1v) is 6.86. The quantitative estimate of drug-likeness (QED) is 0.865. The number of hydrogen-bond acceptors (Lipinski definition) is 3. The minimum Gasteiger partial charge on any atom is -0.396 e. The normalized spacial score (nSPS) is 18.4. The zero-order chi connectivity index (χ0) is 14.7. The van der Waals surface area contributed by atoms with Crippen molar-refractivity contribution in [2.24, 2.45) is 5.92 Å². The van der Waals surface area contributed by atoms with Crippen molar-refractivity contribution >= 4 is 17.5 Å². The van der Waals surface area contributed by atoms with Crippen molar-refractivity contribution in [3.8, 4) is 0 Å². The van der Waals surface area contributed by atoms with Crippen LogP contribution in [0.25, 0.3) is 0 Å². The number of aliphatic hydroxyl groups excluding tert-OH is 1. The second-order valence-electron chi connectivity index (χ2n) is 5.12. The van der Waals surface area contributed by atoms with E-state index >= 15 is 0 Å². The molecule has 5 heteroatoms. The molecule has 1 aliphatic heterocycles. The van der Waals surface area contributed by atoms with Crippen molar-refractivity contribution in [2.45, 2.75) is 20.3 Å². The van der Waals surface area contributed by atoms with Crippen LogP contribution in [0.3, 0.4) is 0 Å². The predicted octanol–water partition coefficient (Wildman–Crippen LogP) is 1.09. The minimum absolute atomic E-state index is 0.00460. The van der Waals surface area contributed by atoms with Gasteiger partial charge in [-0.25, -0.2) is 0 Å². The van der Waals surface area contributed by atoms with Gasteiger partial charge in [0.25, 0.3) is 5.91 Å². The van der Waals surface area contributed by atoms with Gasteiger partial charge in [-0.05, 0) is 37.6 Å². The molecule has 0 radical (unpaired) electrons. The maximum absolute atomic E-state index is 12.0. The van der Waals surface area contributed by atoms with E-state index < -0.39 is 0 Å². The number of nitrogens with zero attached hydrogens (tertiary/aromatic N) is 1. The summed E-state index contributed by atoms with van der Waals surface area (Å²) < 4.78 is 0. The highest BCUT2D eigenvalue weighted by Crippen LogP contribution is 2.28. The van der Waals surface area contributed by atoms with Crippen molar-refractivity contribution < 1.29 is 14.7 Å². The van der Waals surface area contributed by atoms with Crippen molar-refractivity contribution in [1.29, 1.82) is 0 Å². The summed E-state index contributed by atoms with van der Waals surface area (Å²) in [6.45, 7) is 4.91. The fraction of sp³-hybridized carbons (Fsp3) is 0.467. The maximum atomic E-state index is 12.0. The number of anilines is 1. The van der Waals surface area contributed by atoms with Crippen molar-refractivity contribution in [3.05, 3.63) is 29.3 Å². The lowest BCUT2D eigenvalue weighted by Gasteiger charge is -2.19. The Hall–Kier alpha value is -1.88. The number of carbonyl (C=O) groups is 2. The molecule has 1 aliphatic rings. The molecule has 108 valence electrons. The monoisotopic (exact) mass is 276 g/mol. The molecule has 1 aromatic carbocycles. The van der Waals surface area contributed by atoms with Gasteiger partial charge in [-0.2, -0.15) is 0 Å². The van der Waals surface area contributed by atoms with E-state index in [9.17, 15) is 9.59 Å². The summed E-state index contributed by atoms with van der Waals surface area (Å²) in [7, 11) is 0. The lowest BCUT2D eigenvalue weighted by Crippen LogP contribution is -2.26. The molecule has 0 spiro atoms. The van der Waals surface area contributed by atoms with Crippen LogP contribution in [0.1, 0.15) is 29.3 Å². The molecule has 1 saturated heterocycles. The number of nitrogens with one attached hydrogen (secondary N) is 1. The number of rotatable bonds is 4. The van der Waals surface area contributed by atoms with Crippen molar-refractivity contribution in [2.75, 3.05) is 24.6 Å². The fourth-order valence-corrected chi connectivity index (χ4v) is 2.50. The molecule has 2 rings (SSSR count). The van der Waals surface area contributed by atoms with Crippen LogP contribution >= 0.6 is 0 Å². The van der Waals surface area contributed by atoms with Gasteiger partial charge in [0.15, 0.2) is 0 Å². The van der Waals surface area contributed by atoms with Crippen LogP contribution in [0.2, 0.25) is 0 Å². The third-order valence-electron chi connectivity index (χ3n) is 3.55. The van der Waals surface area contributed by atoms with E-state index in [1.165, 1.54) is 0 Å². The fourth-order valence-electron chi connectivity index (χ4n) is 2.50. The van der Waals surface area contributed by atoms with Crippen molar-refractivity contribution in [3.63, 3.8) is 0 Å². The number of aryl methyl sites for hydroxylation is 1. The largest absolute Gasteiger partial charge is 0.396 e. The Morgan fingerprint density at radius 1 is 1.50 bits per heavy atom. The highest BCUT2D eigenvalue weighted by Gasteiger charge is 2.30. The summed E-state index contributed by atoms with van der Waals surface area (Å²) in [5.41, 5.74) is 2.30. The SMILES string of the molecule is CCNC(=O)c1ccc(N2CC(CO)CC2=O)c(C)c1. The molecule has 2 N–H and O–H groups in total. The van der Waals surface area contributed by atoms with E-state index in [0.717, 1.165) is 11.3 Å². The topological polar surface area (TPSA) is 69.6 Å². The molecule has 1 unspecified atom stereocenters. The van der Waals surface area contributed by atoms with Crippen LogP contribution in [0.4, 0.5) is 5.69 Å². The maximum Gasteiger partial charge on any atom is 0.251 e. The summed E-state index contributed by atoms with van der Waals surface area (Å²) in [6.07, 6.45) is 0.383. The van der Waals surface area contributed by atoms with E-state index in [4.69, 9.17) is 5.11 Å². The Labute approximate surface area is 118 Å². The summed E-state index contributed by atoms with van der Waals surface area (Å²) in [4.78, 5) is 25.4. The Balaban J connectivity index is 2.22. The molecule has 0 aromatic heterocycles. The number of aliphatic hydroxyl groups is 1. The van der Waals surface area contributed by atoms with E-state index in [1.54, 1.807) is 23.1 Å². The molecular formula is C15H20N2O3. The van der Waals surface area contributed by atoms with Gasteiger partial charge in [0, 0.05) is 43.3 Å². The van der Waals surface area contributed by atoms with E-state index in [-0.39, 0.29) is 24.3 Å². The van der Waals surface area contributed by atoms with Gasteiger partial charge in [-0.3, -0.25) is 9.59 Å². The highest BCUT2D eigenvalue weighted by molar-refractivity contribution is 5.98. The molecule has 1 heterocycles. The van der Waals surface area contributed by atoms with E-state index in [0.29, 0.717) is 25.1 Å². The number of amides is 2. The van der Waals surface area contributed by atoms with Crippen molar-refractivity contribution in [1.82, 2.24) is 5.32 Å². The summed E-state index contributed by atoms with van der Waals surface area (Å²) in [5.74, 6) is -0.0778. The Morgan fingerprint density at radius 2 is 2.25 bits per heavy atom. The summed E-state index contributed by atoms with van der Waals surface area (Å²) >= 11 is 0. The van der Waals surface area contributed by atoms with Gasteiger partial charge in [-0.1, -0.05) is 0 Å². The number of benzene rings is 1. The smallest absolute Gasteiger partial charge is 0.251 e. The van der Waals surface area contributed by atoms with Gasteiger partial charge in [-0.15, -0.1) is 0 Å². The van der Waals surface area contributed by atoms with Crippen LogP contribution in [-0.4, -0.2) is 36.6 Å². The van der Waals surface area contributed by atoms with Crippen LogP contribution in [0, 0.1) is 12.8 Å². The summed E-state index contributed by atoms with van der Waals surface area (Å²) in [6, 6.07) is 5.32. The van der Waals surface area contributed by atoms with Gasteiger partial charge < -0.3 is 15.3 Å². The second-order valence-corrected chi connectivity index (χ2v) is 5.12. The predicted molar refractivity (Wildman–Crippen MR) is 76.7 cm³/mol. The standard InChI is InChI=1S/C15H20N2O3/c1-3-16-15(20)12-4-5-13(10(2)6-12)17-8-11(9-18)7-14(17)19/h4-6,11,18H,3,7-9H2,1-2H3,(H,16,20). The van der Waals surface area contributed by atoms with Crippen LogP contribution in [0.15, 0.2) is 18.2 Å². The second kappa shape index (κ2) is 6.05. The minimum atomic E-state index is -0.108. The molecule has 0 saturated carbocycles. The zero-order valence-corrected chi connectivity index (χ0v) is 11.8. The van der Waals surface area contributed by atoms with Gasteiger partial charge >= 0.3 is 0 Å². The number of hydrogen-bond donors (Lipinski definition) is 2. The number of carbonyl (C=O) groups excluding carboxylic acids is 2. The van der Waals surface area contributed by atoms with Crippen LogP contribution in [-0.2, 0) is 4.79 Å². The first kappa shape index (κ1) is 14.5. The molecule has 5 nitrogen and oxygen atoms in total. The molecule has 1 atom stereocenters. The molecule has 0 aliphatic carbocycles. The Kier molecular flexibility index (Phi) is 4.39. The molecule has 20 heavy (non-hydrogen) atoms. The average Bonchev–Trinajstić information content (AvgIpc) is 2.80. The van der Waals surface area contributed by atoms with Gasteiger partial charge in [0.1, 0.15) is 0 Å². The molecular weight excluding hydrogens is 256 g/mol. The first-order valence-electron chi connectivity index (χ1n) is 6.86. The van der Waals surface area contributed by atoms with Crippen LogP contribution < -0.4 is 10.2 Å². The summed E-state index contributed by atoms with van der Waals surface area (Å²) in [5, 5.41) is 11.9. The van der Waals surface area contributed by atoms with E-state index in [1.807, 2.05) is 13.8 Å². The highest BCUT2D eigenvalue weighted by atomic mass is 16.3. The molecule has 1 fully saturated rings. The molecule has 1 aromatic rings. The Bertz CT molecular complexity index is 528. The first-order chi connectivity index (χ1) is 9.56. The third kappa shape index (κ3) is 2.82. The lowest BCUT2D eigenvalue weighted by atomic mass is 10.1. The van der Waals surface area contributed by atoms with Crippen LogP contribution in [0.5, 0.6) is 0 Å².